The van der Waals surface area contributed by atoms with Crippen LogP contribution in [0.15, 0.2) is 24.3 Å². The Kier molecular flexibility index (Phi) is 5.38. The highest BCUT2D eigenvalue weighted by molar-refractivity contribution is 5.87. The summed E-state index contributed by atoms with van der Waals surface area (Å²) in [5.41, 5.74) is 0.253. The third kappa shape index (κ3) is 4.51. The van der Waals surface area contributed by atoms with E-state index >= 15 is 0 Å². The standard InChI is InChI=1S/C15H21NO4/c1-12(10-16-5-7-19-8-6-16)11-20-14-4-2-3-13(9-14)15(17)18/h2-4,9,12H,5-8,10-11H2,1H3,(H,17,18). The van der Waals surface area contributed by atoms with Gasteiger partial charge in [-0.25, -0.2) is 4.79 Å². The number of aromatic carboxylic acids is 1. The van der Waals surface area contributed by atoms with Gasteiger partial charge in [0, 0.05) is 25.6 Å². The fourth-order valence-electron chi connectivity index (χ4n) is 2.23. The van der Waals surface area contributed by atoms with Gasteiger partial charge in [-0.15, -0.1) is 0 Å². The second-order valence-corrected chi connectivity index (χ2v) is 5.16. The molecule has 1 aliphatic heterocycles. The van der Waals surface area contributed by atoms with E-state index < -0.39 is 5.97 Å². The first-order valence-corrected chi connectivity index (χ1v) is 6.91. The maximum Gasteiger partial charge on any atom is 0.335 e. The van der Waals surface area contributed by atoms with E-state index in [2.05, 4.69) is 11.8 Å². The predicted molar refractivity (Wildman–Crippen MR) is 75.3 cm³/mol. The number of benzene rings is 1. The van der Waals surface area contributed by atoms with Crippen LogP contribution in [0.2, 0.25) is 0 Å². The Morgan fingerprint density at radius 3 is 2.90 bits per heavy atom. The summed E-state index contributed by atoms with van der Waals surface area (Å²) in [5.74, 6) is 0.0668. The summed E-state index contributed by atoms with van der Waals surface area (Å²) in [6, 6.07) is 6.61. The summed E-state index contributed by atoms with van der Waals surface area (Å²) in [4.78, 5) is 13.2. The molecule has 0 saturated carbocycles. The van der Waals surface area contributed by atoms with Gasteiger partial charge in [0.25, 0.3) is 0 Å². The van der Waals surface area contributed by atoms with Gasteiger partial charge in [-0.3, -0.25) is 4.90 Å². The normalized spacial score (nSPS) is 17.6. The van der Waals surface area contributed by atoms with Crippen LogP contribution in [0.5, 0.6) is 5.75 Å². The second-order valence-electron chi connectivity index (χ2n) is 5.16. The van der Waals surface area contributed by atoms with Crippen molar-refractivity contribution in [3.05, 3.63) is 29.8 Å². The van der Waals surface area contributed by atoms with Gasteiger partial charge in [0.05, 0.1) is 25.4 Å². The molecule has 2 rings (SSSR count). The third-order valence-electron chi connectivity index (χ3n) is 3.29. The van der Waals surface area contributed by atoms with Gasteiger partial charge in [-0.2, -0.15) is 0 Å². The Labute approximate surface area is 119 Å². The molecule has 0 bridgehead atoms. The number of hydrogen-bond acceptors (Lipinski definition) is 4. The Hall–Kier alpha value is -1.59. The molecule has 1 saturated heterocycles. The van der Waals surface area contributed by atoms with Crippen LogP contribution in [0.1, 0.15) is 17.3 Å². The molecule has 1 aromatic rings. The van der Waals surface area contributed by atoms with Crippen molar-refractivity contribution in [2.24, 2.45) is 5.92 Å². The first-order valence-electron chi connectivity index (χ1n) is 6.91. The second kappa shape index (κ2) is 7.26. The number of ether oxygens (including phenoxy) is 2. The van der Waals surface area contributed by atoms with Gasteiger partial charge >= 0.3 is 5.97 Å². The number of carbonyl (C=O) groups is 1. The molecule has 0 aromatic heterocycles. The van der Waals surface area contributed by atoms with Crippen LogP contribution in [0.3, 0.4) is 0 Å². The van der Waals surface area contributed by atoms with Crippen LogP contribution in [0.4, 0.5) is 0 Å². The van der Waals surface area contributed by atoms with Crippen molar-refractivity contribution in [2.45, 2.75) is 6.92 Å². The van der Waals surface area contributed by atoms with Gasteiger partial charge < -0.3 is 14.6 Å². The number of carboxylic acids is 1. The summed E-state index contributed by atoms with van der Waals surface area (Å²) in [6.07, 6.45) is 0. The summed E-state index contributed by atoms with van der Waals surface area (Å²) < 4.78 is 11.0. The molecule has 0 aliphatic carbocycles. The van der Waals surface area contributed by atoms with E-state index in [4.69, 9.17) is 14.6 Å². The molecule has 0 radical (unpaired) electrons. The fraction of sp³-hybridized carbons (Fsp3) is 0.533. The minimum atomic E-state index is -0.934. The van der Waals surface area contributed by atoms with E-state index in [9.17, 15) is 4.79 Å². The summed E-state index contributed by atoms with van der Waals surface area (Å²) in [5, 5.41) is 8.93. The van der Waals surface area contributed by atoms with Crippen LogP contribution in [0, 0.1) is 5.92 Å². The molecule has 1 N–H and O–H groups in total. The molecule has 1 unspecified atom stereocenters. The maximum atomic E-state index is 10.9. The lowest BCUT2D eigenvalue weighted by atomic mass is 10.1. The average Bonchev–Trinajstić information content (AvgIpc) is 2.46. The van der Waals surface area contributed by atoms with Crippen molar-refractivity contribution in [1.29, 1.82) is 0 Å². The third-order valence-corrected chi connectivity index (χ3v) is 3.29. The fourth-order valence-corrected chi connectivity index (χ4v) is 2.23. The molecular weight excluding hydrogens is 258 g/mol. The first kappa shape index (κ1) is 14.8. The summed E-state index contributed by atoms with van der Waals surface area (Å²) in [7, 11) is 0. The number of morpholine rings is 1. The quantitative estimate of drug-likeness (QED) is 0.859. The van der Waals surface area contributed by atoms with E-state index in [1.807, 2.05) is 0 Å². The van der Waals surface area contributed by atoms with Crippen molar-refractivity contribution in [1.82, 2.24) is 4.90 Å². The molecule has 20 heavy (non-hydrogen) atoms. The number of rotatable bonds is 6. The minimum absolute atomic E-state index is 0.253. The molecule has 1 aliphatic rings. The molecule has 1 fully saturated rings. The highest BCUT2D eigenvalue weighted by atomic mass is 16.5. The zero-order chi connectivity index (χ0) is 14.4. The Balaban J connectivity index is 1.78. The Bertz CT molecular complexity index is 443. The Morgan fingerprint density at radius 1 is 1.45 bits per heavy atom. The monoisotopic (exact) mass is 279 g/mol. The van der Waals surface area contributed by atoms with Gasteiger partial charge in [-0.1, -0.05) is 13.0 Å². The predicted octanol–water partition coefficient (Wildman–Crippen LogP) is 1.73. The van der Waals surface area contributed by atoms with E-state index in [0.717, 1.165) is 32.8 Å². The van der Waals surface area contributed by atoms with Crippen molar-refractivity contribution in [3.8, 4) is 5.75 Å². The van der Waals surface area contributed by atoms with Crippen LogP contribution >= 0.6 is 0 Å². The maximum absolute atomic E-state index is 10.9. The zero-order valence-corrected chi connectivity index (χ0v) is 11.7. The van der Waals surface area contributed by atoms with E-state index in [-0.39, 0.29) is 5.56 Å². The number of carboxylic acid groups (broad SMARTS) is 1. The van der Waals surface area contributed by atoms with Gasteiger partial charge in [0.2, 0.25) is 0 Å². The van der Waals surface area contributed by atoms with E-state index in [0.29, 0.717) is 18.3 Å². The summed E-state index contributed by atoms with van der Waals surface area (Å²) >= 11 is 0. The smallest absolute Gasteiger partial charge is 0.335 e. The lowest BCUT2D eigenvalue weighted by molar-refractivity contribution is 0.0283. The highest BCUT2D eigenvalue weighted by Gasteiger charge is 2.14. The average molecular weight is 279 g/mol. The molecule has 5 heteroatoms. The van der Waals surface area contributed by atoms with Crippen molar-refractivity contribution in [3.63, 3.8) is 0 Å². The van der Waals surface area contributed by atoms with Gasteiger partial charge in [0.15, 0.2) is 0 Å². The minimum Gasteiger partial charge on any atom is -0.493 e. The molecule has 5 nitrogen and oxygen atoms in total. The van der Waals surface area contributed by atoms with Crippen molar-refractivity contribution >= 4 is 5.97 Å². The van der Waals surface area contributed by atoms with Crippen molar-refractivity contribution < 1.29 is 19.4 Å². The topological polar surface area (TPSA) is 59.0 Å². The Morgan fingerprint density at radius 2 is 2.20 bits per heavy atom. The number of nitrogens with zero attached hydrogens (tertiary/aromatic N) is 1. The van der Waals surface area contributed by atoms with Crippen LogP contribution in [0.25, 0.3) is 0 Å². The zero-order valence-electron chi connectivity index (χ0n) is 11.7. The molecule has 1 atom stereocenters. The van der Waals surface area contributed by atoms with Crippen LogP contribution in [-0.4, -0.2) is 55.4 Å². The van der Waals surface area contributed by atoms with Gasteiger partial charge in [0.1, 0.15) is 5.75 Å². The van der Waals surface area contributed by atoms with Crippen molar-refractivity contribution in [2.75, 3.05) is 39.5 Å². The molecule has 1 aromatic carbocycles. The highest BCUT2D eigenvalue weighted by Crippen LogP contribution is 2.15. The molecule has 1 heterocycles. The molecule has 0 spiro atoms. The largest absolute Gasteiger partial charge is 0.493 e. The molecule has 0 amide bonds. The van der Waals surface area contributed by atoms with Crippen LogP contribution < -0.4 is 4.74 Å². The molecule has 110 valence electrons. The summed E-state index contributed by atoms with van der Waals surface area (Å²) in [6.45, 7) is 7.24. The lowest BCUT2D eigenvalue weighted by Gasteiger charge is -2.29. The van der Waals surface area contributed by atoms with Gasteiger partial charge in [-0.05, 0) is 18.2 Å². The SMILES string of the molecule is CC(COc1cccc(C(=O)O)c1)CN1CCOCC1. The lowest BCUT2D eigenvalue weighted by Crippen LogP contribution is -2.39. The van der Waals surface area contributed by atoms with E-state index in [1.54, 1.807) is 24.3 Å². The molecular formula is C15H21NO4. The number of hydrogen-bond donors (Lipinski definition) is 1. The first-order chi connectivity index (χ1) is 9.65. The van der Waals surface area contributed by atoms with Crippen LogP contribution in [-0.2, 0) is 4.74 Å². The van der Waals surface area contributed by atoms with E-state index in [1.165, 1.54) is 0 Å².